The lowest BCUT2D eigenvalue weighted by Gasteiger charge is -2.21. The summed E-state index contributed by atoms with van der Waals surface area (Å²) in [4.78, 5) is 19.4. The number of hydrogen-bond donors (Lipinski definition) is 2. The summed E-state index contributed by atoms with van der Waals surface area (Å²) in [5, 5.41) is 13.2. The van der Waals surface area contributed by atoms with E-state index in [9.17, 15) is 27.5 Å². The van der Waals surface area contributed by atoms with Crippen LogP contribution in [0.4, 0.5) is 23.2 Å². The minimum absolute atomic E-state index is 0.0278. The van der Waals surface area contributed by atoms with Crippen LogP contribution < -0.4 is 5.32 Å². The van der Waals surface area contributed by atoms with Crippen LogP contribution in [0.15, 0.2) is 60.8 Å². The Balaban J connectivity index is 1.89. The van der Waals surface area contributed by atoms with Gasteiger partial charge in [0, 0.05) is 28.9 Å². The van der Waals surface area contributed by atoms with Crippen LogP contribution in [0.3, 0.4) is 0 Å². The maximum Gasteiger partial charge on any atom is 0.337 e. The van der Waals surface area contributed by atoms with Crippen molar-refractivity contribution in [3.63, 3.8) is 0 Å². The van der Waals surface area contributed by atoms with Crippen molar-refractivity contribution in [2.24, 2.45) is 0 Å². The van der Waals surface area contributed by atoms with Crippen LogP contribution >= 0.6 is 0 Å². The van der Waals surface area contributed by atoms with E-state index in [0.717, 1.165) is 17.8 Å². The van der Waals surface area contributed by atoms with Gasteiger partial charge in [0.2, 0.25) is 0 Å². The normalized spacial score (nSPS) is 12.3. The van der Waals surface area contributed by atoms with E-state index in [0.29, 0.717) is 22.2 Å². The van der Waals surface area contributed by atoms with Gasteiger partial charge >= 0.3 is 5.97 Å². The van der Waals surface area contributed by atoms with Crippen LogP contribution in [-0.2, 0) is 0 Å². The van der Waals surface area contributed by atoms with Crippen LogP contribution in [0.1, 0.15) is 58.7 Å². The topological polar surface area (TPSA) is 75.1 Å². The fraction of sp³-hybridized carbons (Fsp3) is 0.192. The quantitative estimate of drug-likeness (QED) is 0.269. The van der Waals surface area contributed by atoms with E-state index in [-0.39, 0.29) is 16.7 Å². The highest BCUT2D eigenvalue weighted by Gasteiger charge is 2.22. The molecule has 0 unspecified atom stereocenters. The molecular formula is C26H21F4N3O2. The number of fused-ring (bicyclic) bond motifs is 1. The standard InChI is InChI=1S/C26H21F4N3O2/c1-13-9-17(14(2)32-20-6-4-3-5-16(20)26(34)35)19-12-18(23(25(29)30)33-21(19)10-13)15-7-8-31-22(11-15)24(27)28/h3-12,14,24-25,32H,1-2H3,(H,34,35)/t14-/m1/s1. The molecule has 0 saturated heterocycles. The van der Waals surface area contributed by atoms with Crippen LogP contribution in [0.5, 0.6) is 0 Å². The van der Waals surface area contributed by atoms with Gasteiger partial charge in [-0.15, -0.1) is 0 Å². The maximum atomic E-state index is 14.0. The molecule has 0 amide bonds. The highest BCUT2D eigenvalue weighted by molar-refractivity contribution is 5.94. The molecule has 4 aromatic rings. The van der Waals surface area contributed by atoms with Gasteiger partial charge in [-0.25, -0.2) is 27.3 Å². The molecule has 0 aliphatic carbocycles. The SMILES string of the molecule is Cc1cc([C@@H](C)Nc2ccccc2C(=O)O)c2cc(-c3ccnc(C(F)F)c3)c(C(F)F)nc2c1. The summed E-state index contributed by atoms with van der Waals surface area (Å²) < 4.78 is 54.4. The first-order valence-electron chi connectivity index (χ1n) is 10.7. The average Bonchev–Trinajstić information content (AvgIpc) is 2.82. The highest BCUT2D eigenvalue weighted by atomic mass is 19.3. The monoisotopic (exact) mass is 483 g/mol. The molecule has 0 bridgehead atoms. The van der Waals surface area contributed by atoms with E-state index in [2.05, 4.69) is 15.3 Å². The number of nitrogens with zero attached hydrogens (tertiary/aromatic N) is 2. The van der Waals surface area contributed by atoms with Crippen molar-refractivity contribution in [2.75, 3.05) is 5.32 Å². The van der Waals surface area contributed by atoms with E-state index < -0.39 is 36.2 Å². The summed E-state index contributed by atoms with van der Waals surface area (Å²) in [5.41, 5.74) is 1.42. The number of benzene rings is 2. The molecule has 180 valence electrons. The molecule has 35 heavy (non-hydrogen) atoms. The minimum Gasteiger partial charge on any atom is -0.478 e. The van der Waals surface area contributed by atoms with Crippen molar-refractivity contribution in [3.8, 4) is 11.1 Å². The van der Waals surface area contributed by atoms with Crippen molar-refractivity contribution in [1.82, 2.24) is 9.97 Å². The van der Waals surface area contributed by atoms with E-state index in [1.807, 2.05) is 13.0 Å². The number of nitrogens with one attached hydrogen (secondary N) is 1. The molecule has 0 radical (unpaired) electrons. The fourth-order valence-electron chi connectivity index (χ4n) is 4.06. The van der Waals surface area contributed by atoms with Gasteiger partial charge in [-0.1, -0.05) is 18.2 Å². The molecule has 2 heterocycles. The summed E-state index contributed by atoms with van der Waals surface area (Å²) in [5.74, 6) is -1.09. The Morgan fingerprint density at radius 1 is 1.00 bits per heavy atom. The first kappa shape index (κ1) is 24.1. The van der Waals surface area contributed by atoms with Gasteiger partial charge in [-0.05, 0) is 66.9 Å². The van der Waals surface area contributed by atoms with Gasteiger partial charge in [-0.3, -0.25) is 4.98 Å². The smallest absolute Gasteiger partial charge is 0.337 e. The molecule has 0 aliphatic rings. The largest absolute Gasteiger partial charge is 0.478 e. The van der Waals surface area contributed by atoms with E-state index in [1.54, 1.807) is 31.2 Å². The number of alkyl halides is 4. The van der Waals surface area contributed by atoms with E-state index in [1.165, 1.54) is 18.2 Å². The first-order valence-corrected chi connectivity index (χ1v) is 10.7. The fourth-order valence-corrected chi connectivity index (χ4v) is 4.06. The zero-order valence-corrected chi connectivity index (χ0v) is 18.8. The maximum absolute atomic E-state index is 14.0. The molecule has 5 nitrogen and oxygen atoms in total. The number of pyridine rings is 2. The Morgan fingerprint density at radius 3 is 2.43 bits per heavy atom. The van der Waals surface area contributed by atoms with E-state index >= 15 is 0 Å². The molecule has 1 atom stereocenters. The predicted octanol–water partition coefficient (Wildman–Crippen LogP) is 7.35. The molecule has 2 aromatic carbocycles. The minimum atomic E-state index is -2.93. The van der Waals surface area contributed by atoms with E-state index in [4.69, 9.17) is 0 Å². The Morgan fingerprint density at radius 2 is 1.74 bits per heavy atom. The molecule has 0 aliphatic heterocycles. The van der Waals surface area contributed by atoms with Crippen LogP contribution in [-0.4, -0.2) is 21.0 Å². The highest BCUT2D eigenvalue weighted by Crippen LogP contribution is 2.37. The number of anilines is 1. The Labute approximate surface area is 198 Å². The van der Waals surface area contributed by atoms with Gasteiger partial charge in [0.15, 0.2) is 0 Å². The zero-order valence-electron chi connectivity index (χ0n) is 18.8. The third kappa shape index (κ3) is 4.94. The zero-order chi connectivity index (χ0) is 25.3. The number of rotatable bonds is 7. The summed E-state index contributed by atoms with van der Waals surface area (Å²) in [6.45, 7) is 3.62. The number of hydrogen-bond acceptors (Lipinski definition) is 4. The van der Waals surface area contributed by atoms with Crippen molar-refractivity contribution >= 4 is 22.6 Å². The Bertz CT molecular complexity index is 1410. The number of aromatic nitrogens is 2. The second-order valence-electron chi connectivity index (χ2n) is 8.13. The number of halogens is 4. The number of carbonyl (C=O) groups is 1. The molecule has 4 rings (SSSR count). The first-order chi connectivity index (χ1) is 16.7. The van der Waals surface area contributed by atoms with Crippen LogP contribution in [0.2, 0.25) is 0 Å². The summed E-state index contributed by atoms with van der Waals surface area (Å²) >= 11 is 0. The third-order valence-electron chi connectivity index (χ3n) is 5.66. The Hall–Kier alpha value is -4.01. The lowest BCUT2D eigenvalue weighted by molar-refractivity contribution is 0.0697. The molecule has 2 aromatic heterocycles. The molecule has 0 saturated carbocycles. The molecule has 0 fully saturated rings. The lowest BCUT2D eigenvalue weighted by Crippen LogP contribution is -2.11. The summed E-state index contributed by atoms with van der Waals surface area (Å²) in [6, 6.07) is 13.5. The van der Waals surface area contributed by atoms with Crippen LogP contribution in [0, 0.1) is 6.92 Å². The predicted molar refractivity (Wildman–Crippen MR) is 125 cm³/mol. The summed E-state index contributed by atoms with van der Waals surface area (Å²) in [6.07, 6.45) is -4.63. The van der Waals surface area contributed by atoms with Crippen molar-refractivity contribution in [3.05, 3.63) is 88.9 Å². The number of carboxylic acid groups (broad SMARTS) is 1. The van der Waals surface area contributed by atoms with Gasteiger partial charge in [0.05, 0.1) is 11.1 Å². The number of aromatic carboxylic acids is 1. The molecular weight excluding hydrogens is 462 g/mol. The Kier molecular flexibility index (Phi) is 6.68. The molecule has 2 N–H and O–H groups in total. The molecule has 9 heteroatoms. The van der Waals surface area contributed by atoms with Gasteiger partial charge in [0.1, 0.15) is 11.4 Å². The number of para-hydroxylation sites is 1. The number of aryl methyl sites for hydroxylation is 1. The molecule has 0 spiro atoms. The second-order valence-corrected chi connectivity index (χ2v) is 8.13. The van der Waals surface area contributed by atoms with Crippen molar-refractivity contribution in [1.29, 1.82) is 0 Å². The number of carboxylic acids is 1. The average molecular weight is 483 g/mol. The second kappa shape index (κ2) is 9.69. The van der Waals surface area contributed by atoms with Gasteiger partial charge < -0.3 is 10.4 Å². The third-order valence-corrected chi connectivity index (χ3v) is 5.66. The lowest BCUT2D eigenvalue weighted by atomic mass is 9.95. The van der Waals surface area contributed by atoms with Crippen molar-refractivity contribution in [2.45, 2.75) is 32.7 Å². The van der Waals surface area contributed by atoms with Gasteiger partial charge in [0.25, 0.3) is 12.9 Å². The van der Waals surface area contributed by atoms with Crippen LogP contribution in [0.25, 0.3) is 22.0 Å². The van der Waals surface area contributed by atoms with Gasteiger partial charge in [-0.2, -0.15) is 0 Å². The van der Waals surface area contributed by atoms with Crippen molar-refractivity contribution < 1.29 is 27.5 Å². The summed E-state index contributed by atoms with van der Waals surface area (Å²) in [7, 11) is 0.